The molecule has 1 N–H and O–H groups in total. The Hall–Kier alpha value is -4.63. The van der Waals surface area contributed by atoms with Crippen molar-refractivity contribution in [1.82, 2.24) is 14.3 Å². The summed E-state index contributed by atoms with van der Waals surface area (Å²) in [5.41, 5.74) is 4.12. The number of aromatic nitrogens is 2. The standard InChI is InChI=1S/C33H35N3O6/c1-5-41-26-19-24(14-15-25(26)42-20-23-12-7-6-8-13-23)29-27(31(38)33(39)36(29)17-10-18-40-4)30(37)28-22(3)35-16-9-11-21(2)32(35)34-28/h6-9,11-16,19,29,37H,5,10,17-18,20H2,1-4H3/b30-27+. The number of rotatable bonds is 11. The van der Waals surface area contributed by atoms with Gasteiger partial charge in [-0.1, -0.05) is 42.5 Å². The van der Waals surface area contributed by atoms with E-state index in [0.29, 0.717) is 54.6 Å². The Morgan fingerprint density at radius 1 is 1.00 bits per heavy atom. The van der Waals surface area contributed by atoms with Crippen LogP contribution < -0.4 is 9.47 Å². The summed E-state index contributed by atoms with van der Waals surface area (Å²) in [5, 5.41) is 11.7. The maximum atomic E-state index is 13.5. The number of Topliss-reactive ketones (excluding diaryl/α,β-unsaturated/α-hetero) is 1. The zero-order valence-electron chi connectivity index (χ0n) is 24.3. The van der Waals surface area contributed by atoms with Gasteiger partial charge in [0, 0.05) is 26.5 Å². The number of ketones is 1. The summed E-state index contributed by atoms with van der Waals surface area (Å²) in [6.07, 6.45) is 2.37. The number of carbonyl (C=O) groups excluding carboxylic acids is 2. The molecule has 1 aliphatic heterocycles. The Labute approximate surface area is 245 Å². The van der Waals surface area contributed by atoms with E-state index in [1.165, 1.54) is 4.90 Å². The first-order valence-electron chi connectivity index (χ1n) is 14.0. The van der Waals surface area contributed by atoms with E-state index in [2.05, 4.69) is 4.98 Å². The van der Waals surface area contributed by atoms with E-state index in [9.17, 15) is 14.7 Å². The van der Waals surface area contributed by atoms with Crippen molar-refractivity contribution >= 4 is 23.1 Å². The molecule has 1 atom stereocenters. The number of aliphatic hydroxyl groups is 1. The predicted octanol–water partition coefficient (Wildman–Crippen LogP) is 5.39. The van der Waals surface area contributed by atoms with Gasteiger partial charge in [0.2, 0.25) is 0 Å². The van der Waals surface area contributed by atoms with Crippen LogP contribution >= 0.6 is 0 Å². The van der Waals surface area contributed by atoms with Crippen LogP contribution in [-0.2, 0) is 20.9 Å². The third-order valence-electron chi connectivity index (χ3n) is 7.42. The smallest absolute Gasteiger partial charge is 0.295 e. The van der Waals surface area contributed by atoms with Crippen LogP contribution in [0.4, 0.5) is 0 Å². The van der Waals surface area contributed by atoms with Gasteiger partial charge in [0.15, 0.2) is 17.3 Å². The summed E-state index contributed by atoms with van der Waals surface area (Å²) >= 11 is 0. The van der Waals surface area contributed by atoms with Gasteiger partial charge in [0.25, 0.3) is 11.7 Å². The van der Waals surface area contributed by atoms with Crippen molar-refractivity contribution < 1.29 is 28.9 Å². The first-order valence-corrected chi connectivity index (χ1v) is 14.0. The lowest BCUT2D eigenvalue weighted by Crippen LogP contribution is -2.31. The SMILES string of the molecule is CCOc1cc(C2/C(=C(\O)c3nc4c(C)cccn4c3C)C(=O)C(=O)N2CCCOC)ccc1OCc1ccccc1. The molecule has 4 aromatic rings. The molecule has 1 unspecified atom stereocenters. The molecule has 0 radical (unpaired) electrons. The lowest BCUT2D eigenvalue weighted by Gasteiger charge is -2.26. The van der Waals surface area contributed by atoms with E-state index in [1.54, 1.807) is 25.3 Å². The number of imidazole rings is 1. The van der Waals surface area contributed by atoms with Crippen molar-refractivity contribution in [3.8, 4) is 11.5 Å². The van der Waals surface area contributed by atoms with Gasteiger partial charge in [-0.25, -0.2) is 4.98 Å². The number of carbonyl (C=O) groups is 2. The van der Waals surface area contributed by atoms with Crippen LogP contribution in [0.15, 0.2) is 72.4 Å². The number of nitrogens with zero attached hydrogens (tertiary/aromatic N) is 3. The lowest BCUT2D eigenvalue weighted by molar-refractivity contribution is -0.140. The number of aryl methyl sites for hydroxylation is 2. The normalized spacial score (nSPS) is 16.4. The zero-order valence-corrected chi connectivity index (χ0v) is 24.3. The second-order valence-corrected chi connectivity index (χ2v) is 10.2. The average molecular weight is 570 g/mol. The van der Waals surface area contributed by atoms with Crippen LogP contribution in [0.5, 0.6) is 11.5 Å². The van der Waals surface area contributed by atoms with Gasteiger partial charge in [0.05, 0.1) is 23.9 Å². The van der Waals surface area contributed by atoms with E-state index in [1.807, 2.05) is 73.8 Å². The minimum absolute atomic E-state index is 0.0121. The molecule has 0 bridgehead atoms. The molecule has 1 saturated heterocycles. The first kappa shape index (κ1) is 28.9. The molecule has 42 heavy (non-hydrogen) atoms. The highest BCUT2D eigenvalue weighted by molar-refractivity contribution is 6.46. The summed E-state index contributed by atoms with van der Waals surface area (Å²) in [5.74, 6) is -0.737. The van der Waals surface area contributed by atoms with Gasteiger partial charge in [-0.05, 0) is 62.1 Å². The Morgan fingerprint density at radius 2 is 1.79 bits per heavy atom. The van der Waals surface area contributed by atoms with Crippen molar-refractivity contribution in [2.45, 2.75) is 39.8 Å². The lowest BCUT2D eigenvalue weighted by atomic mass is 9.96. The predicted molar refractivity (Wildman–Crippen MR) is 159 cm³/mol. The molecule has 1 amide bonds. The highest BCUT2D eigenvalue weighted by Gasteiger charge is 2.46. The van der Waals surface area contributed by atoms with Gasteiger partial charge in [0.1, 0.15) is 17.9 Å². The van der Waals surface area contributed by atoms with Crippen molar-refractivity contribution in [3.05, 3.63) is 101 Å². The van der Waals surface area contributed by atoms with Crippen molar-refractivity contribution in [3.63, 3.8) is 0 Å². The summed E-state index contributed by atoms with van der Waals surface area (Å²) in [6, 6.07) is 18.1. The topological polar surface area (TPSA) is 103 Å². The van der Waals surface area contributed by atoms with E-state index < -0.39 is 17.7 Å². The van der Waals surface area contributed by atoms with Crippen LogP contribution in [0, 0.1) is 13.8 Å². The molecule has 9 heteroatoms. The number of hydrogen-bond acceptors (Lipinski definition) is 7. The number of aliphatic hydroxyl groups excluding tert-OH is 1. The Morgan fingerprint density at radius 3 is 2.50 bits per heavy atom. The fraction of sp³-hybridized carbons (Fsp3) is 0.303. The third-order valence-corrected chi connectivity index (χ3v) is 7.42. The van der Waals surface area contributed by atoms with Crippen LogP contribution in [0.3, 0.4) is 0 Å². The van der Waals surface area contributed by atoms with E-state index in [-0.39, 0.29) is 23.6 Å². The molecule has 2 aromatic carbocycles. The first-order chi connectivity index (χ1) is 20.3. The monoisotopic (exact) mass is 569 g/mol. The van der Waals surface area contributed by atoms with Gasteiger partial charge < -0.3 is 28.6 Å². The Bertz CT molecular complexity index is 1640. The van der Waals surface area contributed by atoms with Gasteiger partial charge in [-0.15, -0.1) is 0 Å². The fourth-order valence-electron chi connectivity index (χ4n) is 5.33. The van der Waals surface area contributed by atoms with E-state index >= 15 is 0 Å². The largest absolute Gasteiger partial charge is 0.505 e. The Kier molecular flexibility index (Phi) is 8.59. The van der Waals surface area contributed by atoms with Gasteiger partial charge in [-0.2, -0.15) is 0 Å². The number of amides is 1. The van der Waals surface area contributed by atoms with Crippen LogP contribution in [-0.4, -0.2) is 57.9 Å². The number of pyridine rings is 1. The molecular formula is C33H35N3O6. The van der Waals surface area contributed by atoms with Crippen LogP contribution in [0.25, 0.3) is 11.4 Å². The summed E-state index contributed by atoms with van der Waals surface area (Å²) < 4.78 is 19.1. The van der Waals surface area contributed by atoms with Gasteiger partial charge >= 0.3 is 0 Å². The minimum Gasteiger partial charge on any atom is -0.505 e. The molecule has 218 valence electrons. The van der Waals surface area contributed by atoms with Crippen molar-refractivity contribution in [2.75, 3.05) is 26.9 Å². The van der Waals surface area contributed by atoms with E-state index in [4.69, 9.17) is 14.2 Å². The molecule has 0 saturated carbocycles. The van der Waals surface area contributed by atoms with Crippen molar-refractivity contribution in [1.29, 1.82) is 0 Å². The summed E-state index contributed by atoms with van der Waals surface area (Å²) in [4.78, 5) is 33.1. The highest BCUT2D eigenvalue weighted by Crippen LogP contribution is 2.42. The number of fused-ring (bicyclic) bond motifs is 1. The molecule has 0 spiro atoms. The molecule has 3 heterocycles. The van der Waals surface area contributed by atoms with Crippen LogP contribution in [0.1, 0.15) is 47.5 Å². The quantitative estimate of drug-likeness (QED) is 0.112. The molecule has 1 aliphatic rings. The molecule has 2 aromatic heterocycles. The molecule has 1 fully saturated rings. The zero-order chi connectivity index (χ0) is 29.8. The molecule has 5 rings (SSSR count). The van der Waals surface area contributed by atoms with E-state index in [0.717, 1.165) is 11.1 Å². The summed E-state index contributed by atoms with van der Waals surface area (Å²) in [6.45, 7) is 7.04. The van der Waals surface area contributed by atoms with Gasteiger partial charge in [-0.3, -0.25) is 9.59 Å². The average Bonchev–Trinajstić information content (AvgIpc) is 3.47. The second kappa shape index (κ2) is 12.5. The molecule has 0 aliphatic carbocycles. The number of methoxy groups -OCH3 is 1. The number of ether oxygens (including phenoxy) is 3. The van der Waals surface area contributed by atoms with Crippen LogP contribution in [0.2, 0.25) is 0 Å². The summed E-state index contributed by atoms with van der Waals surface area (Å²) in [7, 11) is 1.59. The maximum absolute atomic E-state index is 13.5. The van der Waals surface area contributed by atoms with Crippen molar-refractivity contribution in [2.24, 2.45) is 0 Å². The third kappa shape index (κ3) is 5.47. The highest BCUT2D eigenvalue weighted by atomic mass is 16.5. The number of hydrogen-bond donors (Lipinski definition) is 1. The minimum atomic E-state index is -0.852. The Balaban J connectivity index is 1.60. The molecule has 9 nitrogen and oxygen atoms in total. The maximum Gasteiger partial charge on any atom is 0.295 e. The molecular weight excluding hydrogens is 534 g/mol. The number of benzene rings is 2. The second-order valence-electron chi connectivity index (χ2n) is 10.2. The fourth-order valence-corrected chi connectivity index (χ4v) is 5.33. The number of likely N-dealkylation sites (tertiary alicyclic amines) is 1.